The second-order valence-electron chi connectivity index (χ2n) is 7.57. The molecule has 2 aromatic carbocycles. The normalized spacial score (nSPS) is 14.4. The fourth-order valence-corrected chi connectivity index (χ4v) is 3.91. The number of aryl methyl sites for hydroxylation is 2. The van der Waals surface area contributed by atoms with Crippen LogP contribution < -0.4 is 10.9 Å². The van der Waals surface area contributed by atoms with Gasteiger partial charge in [0.05, 0.1) is 30.1 Å². The standard InChI is InChI=1S/C23H25N3O3/c1-14(16-8-7-15-5-3-4-6-17(15)11-16)24-13-21-25-20-12-18(23(28)29-2)9-10-19(20)22(27)26-21/h7-12,14,24H,3-6,13H2,1-2H3,(H,25,26,27). The van der Waals surface area contributed by atoms with Crippen LogP contribution in [-0.2, 0) is 24.1 Å². The number of aromatic amines is 1. The molecule has 0 saturated heterocycles. The molecule has 1 aliphatic rings. The summed E-state index contributed by atoms with van der Waals surface area (Å²) in [5, 5.41) is 3.89. The Labute approximate surface area is 169 Å². The van der Waals surface area contributed by atoms with Gasteiger partial charge >= 0.3 is 5.97 Å². The summed E-state index contributed by atoms with van der Waals surface area (Å²) in [5.41, 5.74) is 4.80. The molecule has 0 radical (unpaired) electrons. The molecule has 1 atom stereocenters. The lowest BCUT2D eigenvalue weighted by Gasteiger charge is -2.20. The number of carbonyl (C=O) groups excluding carboxylic acids is 1. The molecular formula is C23H25N3O3. The largest absolute Gasteiger partial charge is 0.465 e. The molecule has 0 spiro atoms. The summed E-state index contributed by atoms with van der Waals surface area (Å²) in [7, 11) is 1.33. The number of ether oxygens (including phenoxy) is 1. The Bertz CT molecular complexity index is 1120. The van der Waals surface area contributed by atoms with Gasteiger partial charge in [-0.05, 0) is 67.5 Å². The van der Waals surface area contributed by atoms with E-state index in [4.69, 9.17) is 4.74 Å². The van der Waals surface area contributed by atoms with Crippen molar-refractivity contribution in [1.29, 1.82) is 0 Å². The van der Waals surface area contributed by atoms with E-state index >= 15 is 0 Å². The van der Waals surface area contributed by atoms with Gasteiger partial charge in [0.1, 0.15) is 5.82 Å². The van der Waals surface area contributed by atoms with Crippen LogP contribution in [0, 0.1) is 0 Å². The van der Waals surface area contributed by atoms with Gasteiger partial charge in [-0.2, -0.15) is 0 Å². The quantitative estimate of drug-likeness (QED) is 0.651. The highest BCUT2D eigenvalue weighted by Crippen LogP contribution is 2.25. The number of methoxy groups -OCH3 is 1. The Hall–Kier alpha value is -2.99. The van der Waals surface area contributed by atoms with E-state index in [0.29, 0.717) is 28.8 Å². The number of benzene rings is 2. The molecule has 0 saturated carbocycles. The number of esters is 1. The first-order valence-electron chi connectivity index (χ1n) is 10.0. The van der Waals surface area contributed by atoms with E-state index < -0.39 is 5.97 Å². The maximum atomic E-state index is 12.4. The first-order chi connectivity index (χ1) is 14.0. The first-order valence-corrected chi connectivity index (χ1v) is 10.0. The SMILES string of the molecule is COC(=O)c1ccc2c(=O)[nH]c(CNC(C)c3ccc4c(c3)CCCC4)nc2c1. The maximum absolute atomic E-state index is 12.4. The molecule has 4 rings (SSSR count). The Morgan fingerprint density at radius 1 is 1.17 bits per heavy atom. The van der Waals surface area contributed by atoms with E-state index in [-0.39, 0.29) is 11.6 Å². The second-order valence-corrected chi connectivity index (χ2v) is 7.57. The van der Waals surface area contributed by atoms with Crippen molar-refractivity contribution in [2.45, 2.75) is 45.2 Å². The van der Waals surface area contributed by atoms with Crippen molar-refractivity contribution in [3.63, 3.8) is 0 Å². The number of hydrogen-bond donors (Lipinski definition) is 2. The lowest BCUT2D eigenvalue weighted by molar-refractivity contribution is 0.0601. The monoisotopic (exact) mass is 391 g/mol. The van der Waals surface area contributed by atoms with E-state index in [1.807, 2.05) is 0 Å². The van der Waals surface area contributed by atoms with E-state index in [1.54, 1.807) is 18.2 Å². The fraction of sp³-hybridized carbons (Fsp3) is 0.348. The smallest absolute Gasteiger partial charge is 0.337 e. The minimum absolute atomic E-state index is 0.129. The number of carbonyl (C=O) groups is 1. The third kappa shape index (κ3) is 4.07. The van der Waals surface area contributed by atoms with E-state index in [1.165, 1.54) is 43.1 Å². The van der Waals surface area contributed by atoms with Gasteiger partial charge in [0, 0.05) is 6.04 Å². The van der Waals surface area contributed by atoms with Gasteiger partial charge in [0.2, 0.25) is 0 Å². The zero-order chi connectivity index (χ0) is 20.4. The van der Waals surface area contributed by atoms with Gasteiger partial charge in [-0.25, -0.2) is 9.78 Å². The lowest BCUT2D eigenvalue weighted by atomic mass is 9.89. The van der Waals surface area contributed by atoms with Crippen LogP contribution >= 0.6 is 0 Å². The van der Waals surface area contributed by atoms with Crippen molar-refractivity contribution >= 4 is 16.9 Å². The van der Waals surface area contributed by atoms with Crippen molar-refractivity contribution in [3.05, 3.63) is 74.8 Å². The zero-order valence-corrected chi connectivity index (χ0v) is 16.7. The van der Waals surface area contributed by atoms with Gasteiger partial charge in [0.25, 0.3) is 5.56 Å². The maximum Gasteiger partial charge on any atom is 0.337 e. The van der Waals surface area contributed by atoms with Gasteiger partial charge in [-0.1, -0.05) is 18.2 Å². The van der Waals surface area contributed by atoms with Crippen LogP contribution in [0.2, 0.25) is 0 Å². The summed E-state index contributed by atoms with van der Waals surface area (Å²) in [6, 6.07) is 11.6. The summed E-state index contributed by atoms with van der Waals surface area (Å²) in [4.78, 5) is 31.5. The molecule has 0 amide bonds. The predicted molar refractivity (Wildman–Crippen MR) is 112 cm³/mol. The second kappa shape index (κ2) is 8.17. The van der Waals surface area contributed by atoms with E-state index in [2.05, 4.69) is 40.4 Å². The lowest BCUT2D eigenvalue weighted by Crippen LogP contribution is -2.22. The number of hydrogen-bond acceptors (Lipinski definition) is 5. The third-order valence-corrected chi connectivity index (χ3v) is 5.62. The van der Waals surface area contributed by atoms with Crippen molar-refractivity contribution in [1.82, 2.24) is 15.3 Å². The highest BCUT2D eigenvalue weighted by Gasteiger charge is 2.14. The summed E-state index contributed by atoms with van der Waals surface area (Å²) >= 11 is 0. The Morgan fingerprint density at radius 3 is 2.76 bits per heavy atom. The molecule has 1 aliphatic carbocycles. The van der Waals surface area contributed by atoms with Crippen molar-refractivity contribution in [3.8, 4) is 0 Å². The number of rotatable bonds is 5. The third-order valence-electron chi connectivity index (χ3n) is 5.62. The topological polar surface area (TPSA) is 84.1 Å². The molecule has 0 aliphatic heterocycles. The number of fused-ring (bicyclic) bond motifs is 2. The average molecular weight is 391 g/mol. The predicted octanol–water partition coefficient (Wildman–Crippen LogP) is 3.44. The molecule has 1 unspecified atom stereocenters. The minimum Gasteiger partial charge on any atom is -0.465 e. The number of nitrogens with one attached hydrogen (secondary N) is 2. The summed E-state index contributed by atoms with van der Waals surface area (Å²) in [5.74, 6) is 0.0871. The van der Waals surface area contributed by atoms with Crippen LogP contribution in [0.5, 0.6) is 0 Å². The Kier molecular flexibility index (Phi) is 5.45. The molecule has 29 heavy (non-hydrogen) atoms. The molecule has 0 bridgehead atoms. The van der Waals surface area contributed by atoms with Crippen molar-refractivity contribution in [2.75, 3.05) is 7.11 Å². The molecular weight excluding hydrogens is 366 g/mol. The number of nitrogens with zero attached hydrogens (tertiary/aromatic N) is 1. The average Bonchev–Trinajstić information content (AvgIpc) is 2.76. The Morgan fingerprint density at radius 2 is 1.97 bits per heavy atom. The van der Waals surface area contributed by atoms with Gasteiger partial charge in [-0.3, -0.25) is 4.79 Å². The molecule has 0 fully saturated rings. The molecule has 150 valence electrons. The fourth-order valence-electron chi connectivity index (χ4n) is 3.91. The summed E-state index contributed by atoms with van der Waals surface area (Å²) in [6.07, 6.45) is 4.86. The molecule has 1 aromatic heterocycles. The molecule has 6 heteroatoms. The summed E-state index contributed by atoms with van der Waals surface area (Å²) in [6.45, 7) is 2.53. The molecule has 1 heterocycles. The zero-order valence-electron chi connectivity index (χ0n) is 16.7. The van der Waals surface area contributed by atoms with Crippen molar-refractivity contribution in [2.24, 2.45) is 0 Å². The van der Waals surface area contributed by atoms with Crippen LogP contribution in [0.25, 0.3) is 10.9 Å². The van der Waals surface area contributed by atoms with Gasteiger partial charge < -0.3 is 15.0 Å². The summed E-state index contributed by atoms with van der Waals surface area (Å²) < 4.78 is 4.75. The Balaban J connectivity index is 1.53. The van der Waals surface area contributed by atoms with Crippen LogP contribution in [0.4, 0.5) is 0 Å². The molecule has 2 N–H and O–H groups in total. The number of H-pyrrole nitrogens is 1. The minimum atomic E-state index is -0.449. The van der Waals surface area contributed by atoms with Crippen LogP contribution in [0.15, 0.2) is 41.2 Å². The molecule has 6 nitrogen and oxygen atoms in total. The highest BCUT2D eigenvalue weighted by atomic mass is 16.5. The molecule has 3 aromatic rings. The van der Waals surface area contributed by atoms with Gasteiger partial charge in [-0.15, -0.1) is 0 Å². The number of aromatic nitrogens is 2. The van der Waals surface area contributed by atoms with Gasteiger partial charge in [0.15, 0.2) is 0 Å². The van der Waals surface area contributed by atoms with E-state index in [0.717, 1.165) is 6.42 Å². The van der Waals surface area contributed by atoms with Crippen LogP contribution in [0.3, 0.4) is 0 Å². The van der Waals surface area contributed by atoms with E-state index in [9.17, 15) is 9.59 Å². The van der Waals surface area contributed by atoms with Crippen molar-refractivity contribution < 1.29 is 9.53 Å². The first kappa shape index (κ1) is 19.3. The highest BCUT2D eigenvalue weighted by molar-refractivity contribution is 5.93. The van der Waals surface area contributed by atoms with Crippen LogP contribution in [0.1, 0.15) is 58.7 Å². The van der Waals surface area contributed by atoms with Crippen LogP contribution in [-0.4, -0.2) is 23.0 Å².